The second-order valence-electron chi connectivity index (χ2n) is 18.9. The van der Waals surface area contributed by atoms with Gasteiger partial charge in [0.1, 0.15) is 0 Å². The second kappa shape index (κ2) is 18.1. The number of benzene rings is 11. The van der Waals surface area contributed by atoms with Crippen molar-refractivity contribution in [3.05, 3.63) is 279 Å². The van der Waals surface area contributed by atoms with Gasteiger partial charge in [0.15, 0.2) is 5.82 Å². The number of aromatic nitrogens is 4. The Kier molecular flexibility index (Phi) is 10.5. The van der Waals surface area contributed by atoms with Gasteiger partial charge in [0, 0.05) is 49.6 Å². The Labute approximate surface area is 429 Å². The summed E-state index contributed by atoms with van der Waals surface area (Å²) >= 11 is 0. The third-order valence-electron chi connectivity index (χ3n) is 14.5. The molecular weight excluding hydrogens is 897 g/mol. The van der Waals surface area contributed by atoms with Crippen LogP contribution >= 0.6 is 0 Å². The largest absolute Gasteiger partial charge is 0.309 e. The summed E-state index contributed by atoms with van der Waals surface area (Å²) in [6.07, 6.45) is 0. The van der Waals surface area contributed by atoms with E-state index in [0.29, 0.717) is 5.82 Å². The first-order valence-electron chi connectivity index (χ1n) is 25.2. The Hall–Kier alpha value is -9.90. The molecule has 3 heterocycles. The Morgan fingerprint density at radius 1 is 0.216 bits per heavy atom. The number of fused-ring (bicyclic) bond motifs is 6. The van der Waals surface area contributed by atoms with Crippen LogP contribution in [-0.2, 0) is 0 Å². The number of para-hydroxylation sites is 2. The van der Waals surface area contributed by atoms with E-state index in [1.807, 2.05) is 24.3 Å². The van der Waals surface area contributed by atoms with Gasteiger partial charge in [-0.05, 0) is 105 Å². The zero-order valence-electron chi connectivity index (χ0n) is 40.3. The first-order chi connectivity index (χ1) is 36.7. The number of hydrogen-bond acceptors (Lipinski definition) is 2. The molecule has 0 aliphatic carbocycles. The normalized spacial score (nSPS) is 11.5. The van der Waals surface area contributed by atoms with Crippen LogP contribution in [-0.4, -0.2) is 19.1 Å². The van der Waals surface area contributed by atoms with Gasteiger partial charge in [0.25, 0.3) is 0 Å². The molecule has 0 spiro atoms. The topological polar surface area (TPSA) is 35.6 Å². The molecular formula is C70H46N4. The molecule has 0 N–H and O–H groups in total. The van der Waals surface area contributed by atoms with Crippen molar-refractivity contribution in [3.8, 4) is 89.8 Å². The molecule has 0 bridgehead atoms. The third-order valence-corrected chi connectivity index (χ3v) is 14.5. The molecule has 0 amide bonds. The first kappa shape index (κ1) is 42.9. The highest BCUT2D eigenvalue weighted by Gasteiger charge is 2.21. The van der Waals surface area contributed by atoms with Crippen molar-refractivity contribution in [1.82, 2.24) is 19.1 Å². The van der Waals surface area contributed by atoms with Crippen LogP contribution in [0.15, 0.2) is 279 Å². The van der Waals surface area contributed by atoms with Gasteiger partial charge in [0.2, 0.25) is 0 Å². The quantitative estimate of drug-likeness (QED) is 0.145. The van der Waals surface area contributed by atoms with Crippen LogP contribution in [0.5, 0.6) is 0 Å². The van der Waals surface area contributed by atoms with E-state index in [0.717, 1.165) is 61.5 Å². The fourth-order valence-electron chi connectivity index (χ4n) is 11.1. The summed E-state index contributed by atoms with van der Waals surface area (Å²) in [6.45, 7) is 0. The van der Waals surface area contributed by atoms with Crippen molar-refractivity contribution in [2.45, 2.75) is 0 Å². The van der Waals surface area contributed by atoms with Crippen molar-refractivity contribution in [2.75, 3.05) is 0 Å². The second-order valence-corrected chi connectivity index (χ2v) is 18.9. The summed E-state index contributed by atoms with van der Waals surface area (Å²) in [7, 11) is 0. The maximum Gasteiger partial charge on any atom is 0.160 e. The van der Waals surface area contributed by atoms with Crippen molar-refractivity contribution >= 4 is 43.6 Å². The summed E-state index contributed by atoms with van der Waals surface area (Å²) in [5.74, 6) is 0.675. The fraction of sp³-hybridized carbons (Fsp3) is 0. The SMILES string of the molecule is c1ccc(-c2cc(-c3cc(-n4c5ccccc5c5cc(-c6ccccc6-c6ccccc6)ccc54)cc(-n4c5ccccc5c5cc(-c6ccccc6-c6ccccc6)ccc54)c3)nc(-c3ccccc3)n2)cc1. The fourth-order valence-corrected chi connectivity index (χ4v) is 11.1. The van der Waals surface area contributed by atoms with Gasteiger partial charge in [-0.3, -0.25) is 0 Å². The predicted molar refractivity (Wildman–Crippen MR) is 309 cm³/mol. The van der Waals surface area contributed by atoms with E-state index >= 15 is 0 Å². The summed E-state index contributed by atoms with van der Waals surface area (Å²) in [5, 5.41) is 4.75. The lowest BCUT2D eigenvalue weighted by molar-refractivity contribution is 1.13. The van der Waals surface area contributed by atoms with E-state index in [2.05, 4.69) is 264 Å². The molecule has 11 aromatic carbocycles. The summed E-state index contributed by atoms with van der Waals surface area (Å²) in [6, 6.07) is 100. The number of nitrogens with zero attached hydrogens (tertiary/aromatic N) is 4. The maximum atomic E-state index is 5.42. The van der Waals surface area contributed by atoms with Gasteiger partial charge >= 0.3 is 0 Å². The molecule has 4 heteroatoms. The van der Waals surface area contributed by atoms with Gasteiger partial charge in [-0.2, -0.15) is 0 Å². The molecule has 0 unspecified atom stereocenters. The van der Waals surface area contributed by atoms with Crippen molar-refractivity contribution in [1.29, 1.82) is 0 Å². The highest BCUT2D eigenvalue weighted by atomic mass is 15.0. The Balaban J connectivity index is 1.02. The molecule has 0 atom stereocenters. The lowest BCUT2D eigenvalue weighted by Crippen LogP contribution is -2.01. The molecule has 0 aliphatic rings. The van der Waals surface area contributed by atoms with E-state index in [9.17, 15) is 0 Å². The molecule has 0 aliphatic heterocycles. The van der Waals surface area contributed by atoms with Crippen molar-refractivity contribution < 1.29 is 0 Å². The summed E-state index contributed by atoms with van der Waals surface area (Å²) in [4.78, 5) is 10.6. The van der Waals surface area contributed by atoms with Gasteiger partial charge < -0.3 is 9.13 Å². The Bertz CT molecular complexity index is 4120. The Morgan fingerprint density at radius 3 is 1.03 bits per heavy atom. The van der Waals surface area contributed by atoms with Gasteiger partial charge in [0.05, 0.1) is 33.5 Å². The molecule has 4 nitrogen and oxygen atoms in total. The van der Waals surface area contributed by atoms with Gasteiger partial charge in [-0.15, -0.1) is 0 Å². The van der Waals surface area contributed by atoms with Gasteiger partial charge in [-0.1, -0.05) is 218 Å². The predicted octanol–water partition coefficient (Wildman–Crippen LogP) is 18.3. The van der Waals surface area contributed by atoms with Gasteiger partial charge in [-0.25, -0.2) is 9.97 Å². The van der Waals surface area contributed by atoms with Crippen LogP contribution in [0.4, 0.5) is 0 Å². The molecule has 14 aromatic rings. The molecule has 0 radical (unpaired) electrons. The summed E-state index contributed by atoms with van der Waals surface area (Å²) in [5.41, 5.74) is 20.8. The van der Waals surface area contributed by atoms with E-state index in [4.69, 9.17) is 9.97 Å². The van der Waals surface area contributed by atoms with Crippen molar-refractivity contribution in [2.24, 2.45) is 0 Å². The molecule has 346 valence electrons. The zero-order valence-corrected chi connectivity index (χ0v) is 40.3. The van der Waals surface area contributed by atoms with E-state index < -0.39 is 0 Å². The maximum absolute atomic E-state index is 5.42. The first-order valence-corrected chi connectivity index (χ1v) is 25.2. The zero-order chi connectivity index (χ0) is 49.0. The van der Waals surface area contributed by atoms with Crippen LogP contribution in [0, 0.1) is 0 Å². The van der Waals surface area contributed by atoms with Crippen LogP contribution in [0.2, 0.25) is 0 Å². The van der Waals surface area contributed by atoms with E-state index in [1.54, 1.807) is 0 Å². The van der Waals surface area contributed by atoms with Crippen LogP contribution in [0.1, 0.15) is 0 Å². The van der Waals surface area contributed by atoms with E-state index in [1.165, 1.54) is 66.1 Å². The Morgan fingerprint density at radius 2 is 0.568 bits per heavy atom. The lowest BCUT2D eigenvalue weighted by Gasteiger charge is -2.17. The van der Waals surface area contributed by atoms with E-state index in [-0.39, 0.29) is 0 Å². The van der Waals surface area contributed by atoms with Crippen LogP contribution in [0.25, 0.3) is 133 Å². The molecule has 0 saturated heterocycles. The average Bonchev–Trinajstić information content (AvgIpc) is 4.00. The minimum Gasteiger partial charge on any atom is -0.309 e. The number of hydrogen-bond donors (Lipinski definition) is 0. The highest BCUT2D eigenvalue weighted by Crippen LogP contribution is 2.42. The molecule has 0 saturated carbocycles. The number of rotatable bonds is 9. The minimum absolute atomic E-state index is 0.675. The average molecular weight is 943 g/mol. The van der Waals surface area contributed by atoms with Crippen LogP contribution < -0.4 is 0 Å². The molecule has 14 rings (SSSR count). The smallest absolute Gasteiger partial charge is 0.160 e. The molecule has 74 heavy (non-hydrogen) atoms. The third kappa shape index (κ3) is 7.48. The van der Waals surface area contributed by atoms with Crippen molar-refractivity contribution in [3.63, 3.8) is 0 Å². The molecule has 0 fully saturated rings. The highest BCUT2D eigenvalue weighted by molar-refractivity contribution is 6.12. The molecule has 3 aromatic heterocycles. The monoisotopic (exact) mass is 942 g/mol. The van der Waals surface area contributed by atoms with Crippen LogP contribution in [0.3, 0.4) is 0 Å². The standard InChI is InChI=1S/C70H46N4/c1-5-21-47(22-6-1)56-29-13-15-31-58(56)51-37-39-68-62(43-51)60-33-17-19-35-66(60)73(68)54-41-53(65-46-64(49-25-9-3-10-26-49)71-70(72-65)50-27-11-4-12-28-50)42-55(45-54)74-67-36-20-18-34-61(67)63-44-52(38-40-69(63)74)59-32-16-14-30-57(59)48-23-7-2-8-24-48/h1-46H. The lowest BCUT2D eigenvalue weighted by atomic mass is 9.94. The summed E-state index contributed by atoms with van der Waals surface area (Å²) < 4.78 is 4.88. The minimum atomic E-state index is 0.675.